The lowest BCUT2D eigenvalue weighted by molar-refractivity contribution is -0.00757. The lowest BCUT2D eigenvalue weighted by Gasteiger charge is -2.54. The predicted molar refractivity (Wildman–Crippen MR) is 104 cm³/mol. The van der Waals surface area contributed by atoms with Crippen LogP contribution in [0.3, 0.4) is 0 Å². The summed E-state index contributed by atoms with van der Waals surface area (Å²) in [5.74, 6) is 2.25. The average molecular weight is 370 g/mol. The van der Waals surface area contributed by atoms with Gasteiger partial charge in [0.25, 0.3) is 0 Å². The molecule has 146 valence electrons. The van der Waals surface area contributed by atoms with Crippen LogP contribution in [0.1, 0.15) is 44.6 Å². The molecule has 2 fully saturated rings. The van der Waals surface area contributed by atoms with Gasteiger partial charge < -0.3 is 19.3 Å². The second-order valence-electron chi connectivity index (χ2n) is 8.45. The summed E-state index contributed by atoms with van der Waals surface area (Å²) in [6.07, 6.45) is 4.43. The summed E-state index contributed by atoms with van der Waals surface area (Å²) in [4.78, 5) is 0. The van der Waals surface area contributed by atoms with E-state index >= 15 is 0 Å². The molecule has 1 aliphatic carbocycles. The van der Waals surface area contributed by atoms with Crippen LogP contribution >= 0.6 is 0 Å². The molecule has 2 aliphatic rings. The highest BCUT2D eigenvalue weighted by molar-refractivity contribution is 5.21. The maximum atomic E-state index is 5.74. The third-order valence-corrected chi connectivity index (χ3v) is 6.32. The van der Waals surface area contributed by atoms with Crippen LogP contribution in [0, 0.1) is 11.3 Å². The maximum Gasteiger partial charge on any atom is 0.174 e. The maximum absolute atomic E-state index is 5.74. The zero-order valence-electron chi connectivity index (χ0n) is 16.3. The molecule has 0 amide bonds. The van der Waals surface area contributed by atoms with E-state index in [4.69, 9.17) is 14.0 Å². The largest absolute Gasteiger partial charge is 0.486 e. The lowest BCUT2D eigenvalue weighted by Crippen LogP contribution is -2.60. The van der Waals surface area contributed by atoms with Crippen LogP contribution in [0.25, 0.3) is 0 Å². The first-order valence-electron chi connectivity index (χ1n) is 10.1. The average Bonchev–Trinajstić information content (AvgIpc) is 3.15. The minimum absolute atomic E-state index is 0.276. The highest BCUT2D eigenvalue weighted by Gasteiger charge is 2.48. The molecule has 0 radical (unpaired) electrons. The Morgan fingerprint density at radius 1 is 1.19 bits per heavy atom. The van der Waals surface area contributed by atoms with E-state index in [1.54, 1.807) is 0 Å². The van der Waals surface area contributed by atoms with E-state index in [1.165, 1.54) is 6.42 Å². The molecule has 2 heterocycles. The number of nitrogens with one attached hydrogen (secondary N) is 1. The van der Waals surface area contributed by atoms with Crippen molar-refractivity contribution in [1.29, 1.82) is 0 Å². The minimum atomic E-state index is 0.276. The number of hydrogen-bond acceptors (Lipinski definition) is 5. The van der Waals surface area contributed by atoms with Crippen molar-refractivity contribution >= 4 is 0 Å². The van der Waals surface area contributed by atoms with Gasteiger partial charge in [-0.1, -0.05) is 37.2 Å². The van der Waals surface area contributed by atoms with Crippen molar-refractivity contribution in [2.45, 2.75) is 58.2 Å². The summed E-state index contributed by atoms with van der Waals surface area (Å²) in [5.41, 5.74) is 1.31. The Morgan fingerprint density at radius 3 is 2.70 bits per heavy atom. The Hall–Kier alpha value is -1.85. The first kappa shape index (κ1) is 18.5. The topological polar surface area (TPSA) is 56.5 Å². The number of ether oxygens (including phenoxy) is 2. The molecule has 1 aromatic carbocycles. The standard InChI is InChI=1S/C22H30N2O3/c1-22(2)16(13-21(22)23-17-8-10-25-11-9-17)12-18-14-20(27-24-18)15-26-19-6-4-3-5-7-19/h3-7,14,16-17,21,23H,8-13,15H2,1-2H3. The van der Waals surface area contributed by atoms with Gasteiger partial charge in [0.05, 0.1) is 5.69 Å². The van der Waals surface area contributed by atoms with Crippen molar-refractivity contribution in [3.63, 3.8) is 0 Å². The van der Waals surface area contributed by atoms with Gasteiger partial charge in [-0.2, -0.15) is 0 Å². The molecule has 1 aromatic heterocycles. The van der Waals surface area contributed by atoms with Crippen molar-refractivity contribution in [3.8, 4) is 5.75 Å². The van der Waals surface area contributed by atoms with E-state index in [0.717, 1.165) is 49.7 Å². The van der Waals surface area contributed by atoms with E-state index < -0.39 is 0 Å². The molecule has 0 bridgehead atoms. The smallest absolute Gasteiger partial charge is 0.174 e. The van der Waals surface area contributed by atoms with Gasteiger partial charge in [-0.3, -0.25) is 0 Å². The molecule has 4 rings (SSSR count). The van der Waals surface area contributed by atoms with Crippen molar-refractivity contribution in [2.24, 2.45) is 11.3 Å². The van der Waals surface area contributed by atoms with Crippen LogP contribution in [0.4, 0.5) is 0 Å². The van der Waals surface area contributed by atoms with E-state index in [9.17, 15) is 0 Å². The quantitative estimate of drug-likeness (QED) is 0.799. The molecule has 1 saturated heterocycles. The molecule has 5 heteroatoms. The summed E-state index contributed by atoms with van der Waals surface area (Å²) < 4.78 is 16.7. The van der Waals surface area contributed by atoms with Gasteiger partial charge in [-0.25, -0.2) is 0 Å². The fourth-order valence-corrected chi connectivity index (χ4v) is 4.24. The summed E-state index contributed by atoms with van der Waals surface area (Å²) in [7, 11) is 0. The SMILES string of the molecule is CC1(C)C(Cc2cc(COc3ccccc3)on2)CC1NC1CCOCC1. The van der Waals surface area contributed by atoms with Crippen molar-refractivity contribution in [3.05, 3.63) is 47.9 Å². The zero-order chi connectivity index (χ0) is 18.7. The van der Waals surface area contributed by atoms with E-state index in [1.807, 2.05) is 36.4 Å². The van der Waals surface area contributed by atoms with Gasteiger partial charge in [0.2, 0.25) is 0 Å². The number of hydrogen-bond donors (Lipinski definition) is 1. The summed E-state index contributed by atoms with van der Waals surface area (Å²) >= 11 is 0. The number of benzene rings is 1. The van der Waals surface area contributed by atoms with Crippen molar-refractivity contribution < 1.29 is 14.0 Å². The van der Waals surface area contributed by atoms with Crippen LogP contribution in [-0.4, -0.2) is 30.5 Å². The van der Waals surface area contributed by atoms with Gasteiger partial charge in [-0.15, -0.1) is 0 Å². The normalized spacial score (nSPS) is 25.1. The van der Waals surface area contributed by atoms with Gasteiger partial charge in [0.1, 0.15) is 12.4 Å². The van der Waals surface area contributed by atoms with Crippen molar-refractivity contribution in [1.82, 2.24) is 10.5 Å². The number of rotatable bonds is 7. The highest BCUT2D eigenvalue weighted by Crippen LogP contribution is 2.48. The molecule has 2 atom stereocenters. The van der Waals surface area contributed by atoms with Gasteiger partial charge in [-0.05, 0) is 49.1 Å². The second-order valence-corrected chi connectivity index (χ2v) is 8.45. The summed E-state index contributed by atoms with van der Waals surface area (Å²) in [6.45, 7) is 6.94. The Morgan fingerprint density at radius 2 is 1.96 bits per heavy atom. The molecule has 2 unspecified atom stereocenters. The first-order valence-corrected chi connectivity index (χ1v) is 10.1. The van der Waals surface area contributed by atoms with Gasteiger partial charge >= 0.3 is 0 Å². The minimum Gasteiger partial charge on any atom is -0.486 e. The van der Waals surface area contributed by atoms with Crippen LogP contribution in [0.15, 0.2) is 40.9 Å². The molecule has 1 aliphatic heterocycles. The molecule has 27 heavy (non-hydrogen) atoms. The first-order chi connectivity index (χ1) is 13.1. The number of aromatic nitrogens is 1. The zero-order valence-corrected chi connectivity index (χ0v) is 16.3. The molecule has 2 aromatic rings. The van der Waals surface area contributed by atoms with Crippen molar-refractivity contribution in [2.75, 3.05) is 13.2 Å². The predicted octanol–water partition coefficient (Wildman–Crippen LogP) is 3.98. The molecule has 1 N–H and O–H groups in total. The fraction of sp³-hybridized carbons (Fsp3) is 0.591. The third-order valence-electron chi connectivity index (χ3n) is 6.32. The van der Waals surface area contributed by atoms with E-state index in [-0.39, 0.29) is 5.41 Å². The Labute approximate surface area is 161 Å². The van der Waals surface area contributed by atoms with Crippen LogP contribution < -0.4 is 10.1 Å². The molecule has 0 spiro atoms. The lowest BCUT2D eigenvalue weighted by atomic mass is 9.57. The number of para-hydroxylation sites is 1. The molecule has 5 nitrogen and oxygen atoms in total. The fourth-order valence-electron chi connectivity index (χ4n) is 4.24. The Bertz CT molecular complexity index is 722. The highest BCUT2D eigenvalue weighted by atomic mass is 16.5. The molecular weight excluding hydrogens is 340 g/mol. The monoisotopic (exact) mass is 370 g/mol. The van der Waals surface area contributed by atoms with Gasteiger partial charge in [0, 0.05) is 31.4 Å². The third kappa shape index (κ3) is 4.36. The van der Waals surface area contributed by atoms with Crippen LogP contribution in [0.5, 0.6) is 5.75 Å². The van der Waals surface area contributed by atoms with Crippen LogP contribution in [-0.2, 0) is 17.8 Å². The van der Waals surface area contributed by atoms with Gasteiger partial charge in [0.15, 0.2) is 5.76 Å². The Balaban J connectivity index is 1.26. The van der Waals surface area contributed by atoms with E-state index in [0.29, 0.717) is 24.6 Å². The van der Waals surface area contributed by atoms with Crippen LogP contribution in [0.2, 0.25) is 0 Å². The second kappa shape index (κ2) is 8.03. The molecular formula is C22H30N2O3. The van der Waals surface area contributed by atoms with E-state index in [2.05, 4.69) is 24.3 Å². The number of nitrogens with zero attached hydrogens (tertiary/aromatic N) is 1. The molecule has 1 saturated carbocycles. The Kier molecular flexibility index (Phi) is 5.50. The summed E-state index contributed by atoms with van der Waals surface area (Å²) in [6, 6.07) is 13.0. The summed E-state index contributed by atoms with van der Waals surface area (Å²) in [5, 5.41) is 8.13.